The summed E-state index contributed by atoms with van der Waals surface area (Å²) in [5, 5.41) is 5.64. The number of benzene rings is 2. The second-order valence-corrected chi connectivity index (χ2v) is 9.80. The monoisotopic (exact) mass is 460 g/mol. The highest BCUT2D eigenvalue weighted by atomic mass is 32.2. The zero-order chi connectivity index (χ0) is 23.3. The molecule has 0 N–H and O–H groups in total. The smallest absolute Gasteiger partial charge is 0.243 e. The Hall–Kier alpha value is -2.45. The second kappa shape index (κ2) is 10.4. The van der Waals surface area contributed by atoms with E-state index in [1.54, 1.807) is 28.6 Å². The number of fused-ring (bicyclic) bond motifs is 1. The molecule has 2 aromatic carbocycles. The number of sulfonamides is 1. The van der Waals surface area contributed by atoms with Crippen molar-refractivity contribution in [3.63, 3.8) is 0 Å². The highest BCUT2D eigenvalue weighted by Crippen LogP contribution is 2.30. The molecule has 3 aromatic rings. The molecule has 0 spiro atoms. The fourth-order valence-electron chi connectivity index (χ4n) is 3.94. The molecule has 0 atom stereocenters. The first kappa shape index (κ1) is 24.2. The molecule has 1 heterocycles. The van der Waals surface area contributed by atoms with Crippen LogP contribution >= 0.6 is 0 Å². The fraction of sp³-hybridized carbons (Fsp3) is 0.458. The van der Waals surface area contributed by atoms with Gasteiger partial charge in [-0.2, -0.15) is 9.40 Å². The van der Waals surface area contributed by atoms with Crippen molar-refractivity contribution in [2.75, 3.05) is 31.1 Å². The quantitative estimate of drug-likeness (QED) is 0.409. The van der Waals surface area contributed by atoms with Crippen molar-refractivity contribution in [3.8, 4) is 0 Å². The van der Waals surface area contributed by atoms with Crippen molar-refractivity contribution in [1.29, 1.82) is 0 Å². The van der Waals surface area contributed by atoms with E-state index in [1.165, 1.54) is 12.1 Å². The zero-order valence-electron chi connectivity index (χ0n) is 19.4. The number of rotatable bonds is 11. The summed E-state index contributed by atoms with van der Waals surface area (Å²) in [4.78, 5) is 2.41. The van der Waals surface area contributed by atoms with Gasteiger partial charge in [-0.25, -0.2) is 12.8 Å². The van der Waals surface area contributed by atoms with Crippen molar-refractivity contribution in [2.45, 2.75) is 52.0 Å². The van der Waals surface area contributed by atoms with Crippen LogP contribution in [0, 0.1) is 5.82 Å². The Morgan fingerprint density at radius 3 is 2.12 bits per heavy atom. The van der Waals surface area contributed by atoms with Gasteiger partial charge in [0.2, 0.25) is 10.0 Å². The highest BCUT2D eigenvalue weighted by Gasteiger charge is 2.25. The van der Waals surface area contributed by atoms with Crippen molar-refractivity contribution in [1.82, 2.24) is 14.1 Å². The minimum absolute atomic E-state index is 0.276. The van der Waals surface area contributed by atoms with E-state index < -0.39 is 10.0 Å². The Labute approximate surface area is 190 Å². The molecule has 32 heavy (non-hydrogen) atoms. The van der Waals surface area contributed by atoms with Crippen LogP contribution in [0.25, 0.3) is 10.9 Å². The van der Waals surface area contributed by atoms with Gasteiger partial charge in [-0.05, 0) is 62.6 Å². The van der Waals surface area contributed by atoms with Crippen molar-refractivity contribution >= 4 is 26.7 Å². The summed E-state index contributed by atoms with van der Waals surface area (Å²) < 4.78 is 43.5. The average Bonchev–Trinajstić information content (AvgIpc) is 3.13. The maximum Gasteiger partial charge on any atom is 0.243 e. The number of aromatic nitrogens is 2. The average molecular weight is 461 g/mol. The van der Waals surface area contributed by atoms with Gasteiger partial charge in [-0.3, -0.25) is 4.68 Å². The lowest BCUT2D eigenvalue weighted by molar-refractivity contribution is 0.410. The van der Waals surface area contributed by atoms with Crippen LogP contribution in [0.5, 0.6) is 0 Å². The van der Waals surface area contributed by atoms with Gasteiger partial charge in [0.25, 0.3) is 0 Å². The lowest BCUT2D eigenvalue weighted by Crippen LogP contribution is -2.32. The summed E-state index contributed by atoms with van der Waals surface area (Å²) in [6.07, 6.45) is 1.53. The predicted octanol–water partition coefficient (Wildman–Crippen LogP) is 4.88. The van der Waals surface area contributed by atoms with E-state index in [0.29, 0.717) is 24.5 Å². The Bertz CT molecular complexity index is 1130. The summed E-state index contributed by atoms with van der Waals surface area (Å²) in [5.74, 6) is 0.489. The highest BCUT2D eigenvalue weighted by molar-refractivity contribution is 7.89. The molecule has 3 rings (SSSR count). The van der Waals surface area contributed by atoms with Crippen molar-refractivity contribution in [2.24, 2.45) is 0 Å². The molecule has 0 aliphatic carbocycles. The van der Waals surface area contributed by atoms with Crippen molar-refractivity contribution in [3.05, 3.63) is 53.8 Å². The molecule has 0 aliphatic heterocycles. The van der Waals surface area contributed by atoms with Crippen LogP contribution in [-0.4, -0.2) is 48.7 Å². The molecule has 0 saturated heterocycles. The molecule has 174 valence electrons. The molecule has 0 unspecified atom stereocenters. The molecule has 1 aromatic heterocycles. The molecular weight excluding hydrogens is 427 g/mol. The number of anilines is 1. The summed E-state index contributed by atoms with van der Waals surface area (Å²) >= 11 is 0. The van der Waals surface area contributed by atoms with Crippen LogP contribution in [0.3, 0.4) is 0 Å². The SMILES string of the molecule is CCCN(CCC)S(=O)(=O)c1ccc2c(c1)c(N(CC)CC)nn2Cc1ccc(F)cc1. The van der Waals surface area contributed by atoms with Gasteiger partial charge < -0.3 is 4.90 Å². The summed E-state index contributed by atoms with van der Waals surface area (Å²) in [5.41, 5.74) is 1.78. The van der Waals surface area contributed by atoms with Crippen LogP contribution in [0.15, 0.2) is 47.4 Å². The standard InChI is InChI=1S/C24H33FN4O2S/c1-5-15-28(16-6-2)32(30,31)21-13-14-23-22(17-21)24(27(7-3)8-4)26-29(23)18-19-9-11-20(25)12-10-19/h9-14,17H,5-8,15-16,18H2,1-4H3. The first-order chi connectivity index (χ1) is 15.3. The third-order valence-corrected chi connectivity index (χ3v) is 7.49. The Balaban J connectivity index is 2.12. The van der Waals surface area contributed by atoms with E-state index in [9.17, 15) is 12.8 Å². The van der Waals surface area contributed by atoms with E-state index in [1.807, 2.05) is 24.6 Å². The minimum Gasteiger partial charge on any atom is -0.355 e. The van der Waals surface area contributed by atoms with Gasteiger partial charge >= 0.3 is 0 Å². The van der Waals surface area contributed by atoms with Crippen molar-refractivity contribution < 1.29 is 12.8 Å². The third-order valence-electron chi connectivity index (χ3n) is 5.59. The molecule has 6 nitrogen and oxygen atoms in total. The number of hydrogen-bond acceptors (Lipinski definition) is 4. The van der Waals surface area contributed by atoms with Crippen LogP contribution in [0.1, 0.15) is 46.1 Å². The number of nitrogens with zero attached hydrogens (tertiary/aromatic N) is 4. The topological polar surface area (TPSA) is 58.4 Å². The minimum atomic E-state index is -3.59. The van der Waals surface area contributed by atoms with Gasteiger partial charge in [0.1, 0.15) is 5.82 Å². The summed E-state index contributed by atoms with van der Waals surface area (Å²) in [6.45, 7) is 11.1. The number of halogens is 1. The third kappa shape index (κ3) is 4.96. The second-order valence-electron chi connectivity index (χ2n) is 7.86. The molecule has 0 bridgehead atoms. The molecule has 0 saturated carbocycles. The number of hydrogen-bond donors (Lipinski definition) is 0. The van der Waals surface area contributed by atoms with Gasteiger partial charge in [-0.15, -0.1) is 0 Å². The van der Waals surface area contributed by atoms with Gasteiger partial charge in [0.05, 0.1) is 17.0 Å². The Morgan fingerprint density at radius 1 is 0.938 bits per heavy atom. The zero-order valence-corrected chi connectivity index (χ0v) is 20.2. The van der Waals surface area contributed by atoms with E-state index in [2.05, 4.69) is 18.7 Å². The van der Waals surface area contributed by atoms with Gasteiger partial charge in [-0.1, -0.05) is 26.0 Å². The predicted molar refractivity (Wildman–Crippen MR) is 128 cm³/mol. The van der Waals surface area contributed by atoms with Crippen LogP contribution < -0.4 is 4.90 Å². The molecule has 0 fully saturated rings. The molecule has 0 radical (unpaired) electrons. The first-order valence-corrected chi connectivity index (χ1v) is 12.8. The van der Waals surface area contributed by atoms with Crippen LogP contribution in [0.2, 0.25) is 0 Å². The van der Waals surface area contributed by atoms with E-state index in [4.69, 9.17) is 5.10 Å². The van der Waals surface area contributed by atoms with Gasteiger partial charge in [0.15, 0.2) is 5.82 Å². The fourth-order valence-corrected chi connectivity index (χ4v) is 5.59. The lowest BCUT2D eigenvalue weighted by atomic mass is 10.2. The van der Waals surface area contributed by atoms with Crippen LogP contribution in [0.4, 0.5) is 10.2 Å². The molecule has 8 heteroatoms. The van der Waals surface area contributed by atoms with E-state index in [0.717, 1.165) is 48.2 Å². The normalized spacial score (nSPS) is 12.1. The maximum atomic E-state index is 13.4. The van der Waals surface area contributed by atoms with E-state index in [-0.39, 0.29) is 5.82 Å². The Kier molecular flexibility index (Phi) is 7.90. The lowest BCUT2D eigenvalue weighted by Gasteiger charge is -2.21. The molecular formula is C24H33FN4O2S. The molecule has 0 aliphatic rings. The summed E-state index contributed by atoms with van der Waals surface area (Å²) in [7, 11) is -3.59. The van der Waals surface area contributed by atoms with Crippen LogP contribution in [-0.2, 0) is 16.6 Å². The Morgan fingerprint density at radius 2 is 1.56 bits per heavy atom. The largest absolute Gasteiger partial charge is 0.355 e. The molecule has 0 amide bonds. The van der Waals surface area contributed by atoms with Gasteiger partial charge in [0, 0.05) is 31.6 Å². The maximum absolute atomic E-state index is 13.4. The summed E-state index contributed by atoms with van der Waals surface area (Å²) in [6, 6.07) is 11.6. The first-order valence-electron chi connectivity index (χ1n) is 11.4. The van der Waals surface area contributed by atoms with E-state index >= 15 is 0 Å².